The first-order chi connectivity index (χ1) is 13.5. The Morgan fingerprint density at radius 3 is 2.46 bits per heavy atom. The van der Waals surface area contributed by atoms with Gasteiger partial charge in [0.05, 0.1) is 12.6 Å². The van der Waals surface area contributed by atoms with Crippen molar-refractivity contribution in [3.8, 4) is 0 Å². The Morgan fingerprint density at radius 2 is 1.86 bits per heavy atom. The molecule has 0 fully saturated rings. The summed E-state index contributed by atoms with van der Waals surface area (Å²) in [6, 6.07) is 15.3. The highest BCUT2D eigenvalue weighted by Crippen LogP contribution is 2.35. The fraction of sp³-hybridized carbons (Fsp3) is 0.273. The summed E-state index contributed by atoms with van der Waals surface area (Å²) >= 11 is 0. The molecule has 3 rings (SSSR count). The van der Waals surface area contributed by atoms with Crippen LogP contribution in [-0.2, 0) is 4.74 Å². The van der Waals surface area contributed by atoms with Crippen LogP contribution in [0.2, 0.25) is 0 Å². The van der Waals surface area contributed by atoms with E-state index in [2.05, 4.69) is 10.3 Å². The van der Waals surface area contributed by atoms with Crippen LogP contribution in [0, 0.1) is 11.2 Å². The predicted molar refractivity (Wildman–Crippen MR) is 111 cm³/mol. The Labute approximate surface area is 164 Å². The third-order valence-electron chi connectivity index (χ3n) is 4.56. The summed E-state index contributed by atoms with van der Waals surface area (Å²) in [5, 5.41) is 11.7. The SMILES string of the molecule is CCCOC1=NC(Nc2ccccc2)=C(C(C)=N)[C@H](c2ccc(F)cc2)[C@@H]1N. The molecule has 5 nitrogen and oxygen atoms in total. The number of anilines is 1. The maximum absolute atomic E-state index is 13.5. The molecule has 0 saturated heterocycles. The molecule has 2 aromatic rings. The zero-order valence-corrected chi connectivity index (χ0v) is 16.1. The average Bonchev–Trinajstić information content (AvgIpc) is 2.69. The lowest BCUT2D eigenvalue weighted by atomic mass is 9.81. The molecule has 0 radical (unpaired) electrons. The van der Waals surface area contributed by atoms with E-state index in [0.29, 0.717) is 29.6 Å². The Balaban J connectivity index is 2.11. The van der Waals surface area contributed by atoms with Crippen molar-refractivity contribution in [3.63, 3.8) is 0 Å². The molecule has 0 spiro atoms. The fourth-order valence-corrected chi connectivity index (χ4v) is 3.26. The van der Waals surface area contributed by atoms with Crippen LogP contribution in [0.5, 0.6) is 0 Å². The minimum atomic E-state index is -0.561. The largest absolute Gasteiger partial charge is 0.480 e. The minimum Gasteiger partial charge on any atom is -0.480 e. The first-order valence-electron chi connectivity index (χ1n) is 9.35. The normalized spacial score (nSPS) is 19.2. The summed E-state index contributed by atoms with van der Waals surface area (Å²) in [7, 11) is 0. The number of hydrogen-bond donors (Lipinski definition) is 3. The van der Waals surface area contributed by atoms with Crippen molar-refractivity contribution >= 4 is 17.3 Å². The van der Waals surface area contributed by atoms with Gasteiger partial charge in [-0.1, -0.05) is 37.3 Å². The maximum atomic E-state index is 13.5. The number of halogens is 1. The van der Waals surface area contributed by atoms with Gasteiger partial charge in [-0.05, 0) is 43.2 Å². The van der Waals surface area contributed by atoms with Gasteiger partial charge in [0.15, 0.2) is 0 Å². The third kappa shape index (κ3) is 4.28. The molecule has 1 aliphatic heterocycles. The van der Waals surface area contributed by atoms with E-state index in [1.165, 1.54) is 12.1 Å². The smallest absolute Gasteiger partial charge is 0.208 e. The number of nitrogens with two attached hydrogens (primary N) is 1. The van der Waals surface area contributed by atoms with E-state index in [1.807, 2.05) is 37.3 Å². The highest BCUT2D eigenvalue weighted by atomic mass is 19.1. The molecule has 0 bridgehead atoms. The number of aliphatic imine (C=N–C) groups is 1. The molecule has 2 aromatic carbocycles. The van der Waals surface area contributed by atoms with Gasteiger partial charge in [0, 0.05) is 22.9 Å². The molecule has 28 heavy (non-hydrogen) atoms. The third-order valence-corrected chi connectivity index (χ3v) is 4.56. The molecule has 0 amide bonds. The van der Waals surface area contributed by atoms with Crippen molar-refractivity contribution in [2.75, 3.05) is 11.9 Å². The Kier molecular flexibility index (Phi) is 6.21. The average molecular weight is 380 g/mol. The van der Waals surface area contributed by atoms with Crippen molar-refractivity contribution < 1.29 is 9.13 Å². The molecule has 1 heterocycles. The number of nitrogens with zero attached hydrogens (tertiary/aromatic N) is 1. The molecule has 0 saturated carbocycles. The van der Waals surface area contributed by atoms with Crippen LogP contribution in [0.4, 0.5) is 10.1 Å². The molecule has 146 valence electrons. The Morgan fingerprint density at radius 1 is 1.18 bits per heavy atom. The van der Waals surface area contributed by atoms with Gasteiger partial charge in [0.2, 0.25) is 5.90 Å². The summed E-state index contributed by atoms with van der Waals surface area (Å²) < 4.78 is 19.3. The lowest BCUT2D eigenvalue weighted by Gasteiger charge is -2.32. The van der Waals surface area contributed by atoms with Crippen LogP contribution in [0.25, 0.3) is 0 Å². The molecule has 4 N–H and O–H groups in total. The lowest BCUT2D eigenvalue weighted by molar-refractivity contribution is 0.285. The number of nitrogens with one attached hydrogen (secondary N) is 2. The molecular weight excluding hydrogens is 355 g/mol. The monoisotopic (exact) mass is 380 g/mol. The van der Waals surface area contributed by atoms with Crippen LogP contribution in [-0.4, -0.2) is 24.3 Å². The van der Waals surface area contributed by atoms with Crippen LogP contribution >= 0.6 is 0 Å². The minimum absolute atomic E-state index is 0.316. The number of benzene rings is 2. The van der Waals surface area contributed by atoms with E-state index in [1.54, 1.807) is 19.1 Å². The van der Waals surface area contributed by atoms with Crippen LogP contribution in [0.3, 0.4) is 0 Å². The Bertz CT molecular complexity index is 891. The van der Waals surface area contributed by atoms with E-state index < -0.39 is 6.04 Å². The summed E-state index contributed by atoms with van der Waals surface area (Å²) in [5.41, 5.74) is 9.20. The van der Waals surface area contributed by atoms with E-state index in [0.717, 1.165) is 17.7 Å². The predicted octanol–water partition coefficient (Wildman–Crippen LogP) is 4.44. The molecule has 0 aromatic heterocycles. The van der Waals surface area contributed by atoms with E-state index >= 15 is 0 Å². The zero-order chi connectivity index (χ0) is 20.1. The first-order valence-corrected chi connectivity index (χ1v) is 9.35. The van der Waals surface area contributed by atoms with Gasteiger partial charge in [0.25, 0.3) is 0 Å². The zero-order valence-electron chi connectivity index (χ0n) is 16.1. The van der Waals surface area contributed by atoms with Gasteiger partial charge in [-0.3, -0.25) is 0 Å². The molecule has 0 unspecified atom stereocenters. The number of hydrogen-bond acceptors (Lipinski definition) is 5. The van der Waals surface area contributed by atoms with Gasteiger partial charge in [-0.15, -0.1) is 0 Å². The van der Waals surface area contributed by atoms with Crippen molar-refractivity contribution in [3.05, 3.63) is 77.4 Å². The van der Waals surface area contributed by atoms with E-state index in [-0.39, 0.29) is 11.7 Å². The molecule has 0 aliphatic carbocycles. The molecule has 2 atom stereocenters. The lowest BCUT2D eigenvalue weighted by Crippen LogP contribution is -2.43. The second-order valence-electron chi connectivity index (χ2n) is 6.73. The van der Waals surface area contributed by atoms with Crippen molar-refractivity contribution in [2.24, 2.45) is 10.7 Å². The Hall–Kier alpha value is -2.99. The molecular formula is C22H25FN4O. The van der Waals surface area contributed by atoms with Gasteiger partial charge in [0.1, 0.15) is 11.6 Å². The second-order valence-corrected chi connectivity index (χ2v) is 6.73. The van der Waals surface area contributed by atoms with Crippen molar-refractivity contribution in [2.45, 2.75) is 32.2 Å². The molecule has 6 heteroatoms. The number of ether oxygens (including phenoxy) is 1. The van der Waals surface area contributed by atoms with Crippen LogP contribution in [0.1, 0.15) is 31.7 Å². The van der Waals surface area contributed by atoms with Crippen LogP contribution in [0.15, 0.2) is 71.0 Å². The van der Waals surface area contributed by atoms with Gasteiger partial charge >= 0.3 is 0 Å². The fourth-order valence-electron chi connectivity index (χ4n) is 3.26. The summed E-state index contributed by atoms with van der Waals surface area (Å²) in [6.45, 7) is 4.22. The quantitative estimate of drug-likeness (QED) is 0.648. The van der Waals surface area contributed by atoms with Crippen molar-refractivity contribution in [1.82, 2.24) is 0 Å². The summed E-state index contributed by atoms with van der Waals surface area (Å²) in [6.07, 6.45) is 0.828. The maximum Gasteiger partial charge on any atom is 0.208 e. The second kappa shape index (κ2) is 8.80. The number of para-hydroxylation sites is 1. The van der Waals surface area contributed by atoms with Gasteiger partial charge in [-0.2, -0.15) is 4.99 Å². The number of rotatable bonds is 6. The van der Waals surface area contributed by atoms with E-state index in [9.17, 15) is 4.39 Å². The van der Waals surface area contributed by atoms with Crippen LogP contribution < -0.4 is 11.1 Å². The van der Waals surface area contributed by atoms with Gasteiger partial charge < -0.3 is 21.2 Å². The molecule has 1 aliphatic rings. The summed E-state index contributed by atoms with van der Waals surface area (Å²) in [4.78, 5) is 4.61. The highest BCUT2D eigenvalue weighted by Gasteiger charge is 2.36. The first kappa shape index (κ1) is 19.8. The van der Waals surface area contributed by atoms with Crippen molar-refractivity contribution in [1.29, 1.82) is 5.41 Å². The standard InChI is InChI=1S/C22H25FN4O/c1-3-13-28-22-20(25)19(15-9-11-16(23)12-10-15)18(14(2)24)21(27-22)26-17-7-5-4-6-8-17/h4-12,19-20,24,26H,3,13,25H2,1-2H3/t19-,20-/m0/s1. The topological polar surface area (TPSA) is 83.5 Å². The van der Waals surface area contributed by atoms with Gasteiger partial charge in [-0.25, -0.2) is 4.39 Å². The van der Waals surface area contributed by atoms with E-state index in [4.69, 9.17) is 15.9 Å². The summed E-state index contributed by atoms with van der Waals surface area (Å²) in [5.74, 6) is 0.262. The highest BCUT2D eigenvalue weighted by molar-refractivity contribution is 6.02.